The van der Waals surface area contributed by atoms with Crippen molar-refractivity contribution in [1.82, 2.24) is 14.5 Å². The zero-order valence-electron chi connectivity index (χ0n) is 16.1. The van der Waals surface area contributed by atoms with Crippen LogP contribution in [-0.2, 0) is 11.3 Å². The van der Waals surface area contributed by atoms with Crippen LogP contribution < -0.4 is 5.56 Å². The van der Waals surface area contributed by atoms with E-state index in [4.69, 9.17) is 4.98 Å². The van der Waals surface area contributed by atoms with Gasteiger partial charge in [-0.1, -0.05) is 11.8 Å². The van der Waals surface area contributed by atoms with Gasteiger partial charge in [0.2, 0.25) is 5.91 Å². The van der Waals surface area contributed by atoms with E-state index in [1.165, 1.54) is 23.1 Å². The Bertz CT molecular complexity index is 1020. The SMILES string of the molecule is Cc1sc2nc(SCC(=O)N(C)Cc3ccsc3)n(C(C)C)c(=O)c2c1C. The summed E-state index contributed by atoms with van der Waals surface area (Å²) in [6.07, 6.45) is 0. The molecule has 0 saturated heterocycles. The van der Waals surface area contributed by atoms with Crippen molar-refractivity contribution in [1.29, 1.82) is 0 Å². The van der Waals surface area contributed by atoms with Crippen molar-refractivity contribution in [2.45, 2.75) is 45.4 Å². The summed E-state index contributed by atoms with van der Waals surface area (Å²) in [6.45, 7) is 8.51. The molecule has 144 valence electrons. The van der Waals surface area contributed by atoms with Gasteiger partial charge in [-0.15, -0.1) is 11.3 Å². The van der Waals surface area contributed by atoms with Gasteiger partial charge in [0.05, 0.1) is 11.1 Å². The second-order valence-electron chi connectivity index (χ2n) is 6.80. The predicted octanol–water partition coefficient (Wildman–Crippen LogP) is 4.47. The zero-order chi connectivity index (χ0) is 19.7. The number of hydrogen-bond donors (Lipinski definition) is 0. The van der Waals surface area contributed by atoms with Crippen molar-refractivity contribution < 1.29 is 4.79 Å². The number of aromatic nitrogens is 2. The van der Waals surface area contributed by atoms with Crippen molar-refractivity contribution >= 4 is 50.6 Å². The molecule has 5 nitrogen and oxygen atoms in total. The Labute approximate surface area is 171 Å². The van der Waals surface area contributed by atoms with E-state index < -0.39 is 0 Å². The minimum atomic E-state index is -0.0184. The molecule has 0 bridgehead atoms. The molecule has 0 fully saturated rings. The van der Waals surface area contributed by atoms with Crippen molar-refractivity contribution in [3.05, 3.63) is 43.2 Å². The minimum absolute atomic E-state index is 0.0153. The topological polar surface area (TPSA) is 55.2 Å². The predicted molar refractivity (Wildman–Crippen MR) is 115 cm³/mol. The fourth-order valence-corrected chi connectivity index (χ4v) is 5.62. The van der Waals surface area contributed by atoms with E-state index >= 15 is 0 Å². The van der Waals surface area contributed by atoms with Crippen molar-refractivity contribution in [2.75, 3.05) is 12.8 Å². The first kappa shape index (κ1) is 20.1. The van der Waals surface area contributed by atoms with Crippen molar-refractivity contribution in [2.24, 2.45) is 0 Å². The van der Waals surface area contributed by atoms with Crippen LogP contribution in [0.5, 0.6) is 0 Å². The van der Waals surface area contributed by atoms with Gasteiger partial charge < -0.3 is 4.90 Å². The van der Waals surface area contributed by atoms with E-state index in [-0.39, 0.29) is 23.3 Å². The Morgan fingerprint density at radius 1 is 1.37 bits per heavy atom. The number of hydrogen-bond acceptors (Lipinski definition) is 6. The molecule has 1 amide bonds. The number of rotatable bonds is 6. The number of carbonyl (C=O) groups excluding carboxylic acids is 1. The van der Waals surface area contributed by atoms with E-state index in [1.807, 2.05) is 44.5 Å². The zero-order valence-corrected chi connectivity index (χ0v) is 18.6. The molecule has 3 aromatic heterocycles. The van der Waals surface area contributed by atoms with Crippen LogP contribution in [0.1, 0.15) is 35.9 Å². The lowest BCUT2D eigenvalue weighted by Crippen LogP contribution is -2.29. The number of thiophene rings is 2. The highest BCUT2D eigenvalue weighted by Crippen LogP contribution is 2.29. The van der Waals surface area contributed by atoms with Crippen LogP contribution >= 0.6 is 34.4 Å². The number of carbonyl (C=O) groups is 1. The van der Waals surface area contributed by atoms with Crippen LogP contribution in [0.3, 0.4) is 0 Å². The Morgan fingerprint density at radius 3 is 2.74 bits per heavy atom. The number of nitrogens with zero attached hydrogens (tertiary/aromatic N) is 3. The summed E-state index contributed by atoms with van der Waals surface area (Å²) in [6, 6.07) is 2.00. The highest BCUT2D eigenvalue weighted by Gasteiger charge is 2.20. The lowest BCUT2D eigenvalue weighted by Gasteiger charge is -2.18. The van der Waals surface area contributed by atoms with Gasteiger partial charge in [-0.05, 0) is 55.6 Å². The van der Waals surface area contributed by atoms with E-state index in [0.29, 0.717) is 17.1 Å². The van der Waals surface area contributed by atoms with Crippen LogP contribution in [0.15, 0.2) is 26.8 Å². The highest BCUT2D eigenvalue weighted by atomic mass is 32.2. The summed E-state index contributed by atoms with van der Waals surface area (Å²) in [7, 11) is 1.80. The maximum Gasteiger partial charge on any atom is 0.263 e. The third kappa shape index (κ3) is 4.12. The summed E-state index contributed by atoms with van der Waals surface area (Å²) in [4.78, 5) is 33.9. The summed E-state index contributed by atoms with van der Waals surface area (Å²) >= 11 is 4.50. The number of aryl methyl sites for hydroxylation is 2. The van der Waals surface area contributed by atoms with Gasteiger partial charge in [0.1, 0.15) is 4.83 Å². The van der Waals surface area contributed by atoms with E-state index in [2.05, 4.69) is 0 Å². The molecule has 3 aromatic rings. The molecule has 0 saturated carbocycles. The highest BCUT2D eigenvalue weighted by molar-refractivity contribution is 7.99. The Kier molecular flexibility index (Phi) is 6.08. The fourth-order valence-electron chi connectivity index (χ4n) is 2.83. The number of fused-ring (bicyclic) bond motifs is 1. The molecule has 8 heteroatoms. The first-order valence-corrected chi connectivity index (χ1v) is 11.4. The smallest absolute Gasteiger partial charge is 0.263 e. The first-order chi connectivity index (χ1) is 12.8. The third-order valence-corrected chi connectivity index (χ3v) is 7.24. The molecule has 0 aromatic carbocycles. The minimum Gasteiger partial charge on any atom is -0.341 e. The third-order valence-electron chi connectivity index (χ3n) is 4.47. The van der Waals surface area contributed by atoms with Gasteiger partial charge in [0.15, 0.2) is 5.16 Å². The quantitative estimate of drug-likeness (QED) is 0.435. The Hall–Kier alpha value is -1.64. The van der Waals surface area contributed by atoms with E-state index in [9.17, 15) is 9.59 Å². The lowest BCUT2D eigenvalue weighted by atomic mass is 10.2. The van der Waals surface area contributed by atoms with Crippen molar-refractivity contribution in [3.63, 3.8) is 0 Å². The Balaban J connectivity index is 1.84. The monoisotopic (exact) mass is 421 g/mol. The normalized spacial score (nSPS) is 11.5. The van der Waals surface area contributed by atoms with Crippen LogP contribution in [0.2, 0.25) is 0 Å². The van der Waals surface area contributed by atoms with Gasteiger partial charge in [0.25, 0.3) is 5.56 Å². The maximum absolute atomic E-state index is 13.0. The van der Waals surface area contributed by atoms with E-state index in [0.717, 1.165) is 20.8 Å². The maximum atomic E-state index is 13.0. The number of thioether (sulfide) groups is 1. The fraction of sp³-hybridized carbons (Fsp3) is 0.421. The second kappa shape index (κ2) is 8.16. The van der Waals surface area contributed by atoms with Gasteiger partial charge in [-0.25, -0.2) is 4.98 Å². The average Bonchev–Trinajstić information content (AvgIpc) is 3.20. The van der Waals surface area contributed by atoms with Crippen LogP contribution in [0.25, 0.3) is 10.2 Å². The molecule has 0 aliphatic heterocycles. The molecule has 0 aliphatic rings. The molecule has 3 heterocycles. The standard InChI is InChI=1S/C19H23N3O2S3/c1-11(2)22-18(24)16-12(3)13(4)27-17(16)20-19(22)26-10-15(23)21(5)8-14-6-7-25-9-14/h6-7,9,11H,8,10H2,1-5H3. The summed E-state index contributed by atoms with van der Waals surface area (Å²) < 4.78 is 1.71. The van der Waals surface area contributed by atoms with Crippen LogP contribution in [-0.4, -0.2) is 33.2 Å². The van der Waals surface area contributed by atoms with Gasteiger partial charge in [-0.3, -0.25) is 14.2 Å². The van der Waals surface area contributed by atoms with Gasteiger partial charge >= 0.3 is 0 Å². The molecule has 0 spiro atoms. The van der Waals surface area contributed by atoms with Gasteiger partial charge in [0, 0.05) is 24.5 Å². The molecule has 3 rings (SSSR count). The molecule has 0 radical (unpaired) electrons. The largest absolute Gasteiger partial charge is 0.341 e. The molecule has 27 heavy (non-hydrogen) atoms. The van der Waals surface area contributed by atoms with E-state index in [1.54, 1.807) is 27.9 Å². The molecule has 0 aliphatic carbocycles. The molecular formula is C19H23N3O2S3. The average molecular weight is 422 g/mol. The van der Waals surface area contributed by atoms with Crippen molar-refractivity contribution in [3.8, 4) is 0 Å². The lowest BCUT2D eigenvalue weighted by molar-refractivity contribution is -0.127. The summed E-state index contributed by atoms with van der Waals surface area (Å²) in [5.74, 6) is 0.281. The van der Waals surface area contributed by atoms with Crippen LogP contribution in [0, 0.1) is 13.8 Å². The Morgan fingerprint density at radius 2 is 2.11 bits per heavy atom. The number of amides is 1. The molecule has 0 N–H and O–H groups in total. The molecule has 0 atom stereocenters. The summed E-state index contributed by atoms with van der Waals surface area (Å²) in [5, 5.41) is 5.37. The van der Waals surface area contributed by atoms with Gasteiger partial charge in [-0.2, -0.15) is 11.3 Å². The van der Waals surface area contributed by atoms with Crippen LogP contribution in [0.4, 0.5) is 0 Å². The molecule has 0 unspecified atom stereocenters. The summed E-state index contributed by atoms with van der Waals surface area (Å²) in [5.41, 5.74) is 2.12. The first-order valence-electron chi connectivity index (χ1n) is 8.69. The molecular weight excluding hydrogens is 398 g/mol. The second-order valence-corrected chi connectivity index (χ2v) is 9.72.